The molecule has 0 aromatic heterocycles. The van der Waals surface area contributed by atoms with Gasteiger partial charge in [-0.25, -0.2) is 8.78 Å². The van der Waals surface area contributed by atoms with Crippen molar-refractivity contribution in [3.63, 3.8) is 0 Å². The molecule has 100 valence electrons. The standard InChI is InChI=1S/C11H12F2INO3/c12-10(13)6-18-4-3-15-11(17)8-5-7(14)1-2-9(8)16/h1-2,5,10,16H,3-4,6H2,(H,15,17). The summed E-state index contributed by atoms with van der Waals surface area (Å²) in [6.07, 6.45) is -2.51. The molecule has 18 heavy (non-hydrogen) atoms. The zero-order chi connectivity index (χ0) is 13.5. The summed E-state index contributed by atoms with van der Waals surface area (Å²) in [6.45, 7) is -0.540. The molecule has 1 amide bonds. The van der Waals surface area contributed by atoms with E-state index in [0.717, 1.165) is 3.57 Å². The molecule has 0 unspecified atom stereocenters. The predicted octanol–water partition coefficient (Wildman–Crippen LogP) is 2.01. The third kappa shape index (κ3) is 5.13. The second-order valence-corrected chi connectivity index (χ2v) is 4.63. The van der Waals surface area contributed by atoms with E-state index in [4.69, 9.17) is 0 Å². The van der Waals surface area contributed by atoms with E-state index in [0.29, 0.717) is 0 Å². The van der Waals surface area contributed by atoms with Crippen molar-refractivity contribution in [1.29, 1.82) is 0 Å². The van der Waals surface area contributed by atoms with Gasteiger partial charge in [0.05, 0.1) is 12.2 Å². The molecule has 2 N–H and O–H groups in total. The van der Waals surface area contributed by atoms with E-state index in [-0.39, 0.29) is 24.5 Å². The van der Waals surface area contributed by atoms with Crippen molar-refractivity contribution in [3.8, 4) is 5.75 Å². The zero-order valence-corrected chi connectivity index (χ0v) is 11.5. The van der Waals surface area contributed by atoms with Crippen molar-refractivity contribution >= 4 is 28.5 Å². The van der Waals surface area contributed by atoms with E-state index in [9.17, 15) is 18.7 Å². The van der Waals surface area contributed by atoms with Gasteiger partial charge in [0.25, 0.3) is 12.3 Å². The van der Waals surface area contributed by atoms with Gasteiger partial charge in [-0.3, -0.25) is 4.79 Å². The summed E-state index contributed by atoms with van der Waals surface area (Å²) in [6, 6.07) is 4.62. The lowest BCUT2D eigenvalue weighted by atomic mass is 10.2. The number of halogens is 3. The molecule has 0 aliphatic heterocycles. The van der Waals surface area contributed by atoms with Crippen molar-refractivity contribution in [2.45, 2.75) is 6.43 Å². The number of rotatable bonds is 6. The van der Waals surface area contributed by atoms with Gasteiger partial charge >= 0.3 is 0 Å². The van der Waals surface area contributed by atoms with Crippen LogP contribution in [0.4, 0.5) is 8.78 Å². The van der Waals surface area contributed by atoms with E-state index >= 15 is 0 Å². The number of ether oxygens (including phenoxy) is 1. The fraction of sp³-hybridized carbons (Fsp3) is 0.364. The Hall–Kier alpha value is -0.960. The Morgan fingerprint density at radius 1 is 1.50 bits per heavy atom. The largest absolute Gasteiger partial charge is 0.507 e. The van der Waals surface area contributed by atoms with Gasteiger partial charge in [-0.05, 0) is 40.8 Å². The van der Waals surface area contributed by atoms with Crippen LogP contribution in [0.3, 0.4) is 0 Å². The molecule has 0 saturated carbocycles. The van der Waals surface area contributed by atoms with Gasteiger partial charge in [0.2, 0.25) is 0 Å². The Balaban J connectivity index is 2.39. The molecule has 0 saturated heterocycles. The lowest BCUT2D eigenvalue weighted by Crippen LogP contribution is -2.27. The van der Waals surface area contributed by atoms with Crippen LogP contribution < -0.4 is 5.32 Å². The number of phenols is 1. The quantitative estimate of drug-likeness (QED) is 0.594. The predicted molar refractivity (Wildman–Crippen MR) is 70.0 cm³/mol. The Kier molecular flexibility index (Phi) is 6.27. The van der Waals surface area contributed by atoms with Gasteiger partial charge < -0.3 is 15.2 Å². The summed E-state index contributed by atoms with van der Waals surface area (Å²) in [7, 11) is 0. The number of alkyl halides is 2. The summed E-state index contributed by atoms with van der Waals surface area (Å²) in [5.41, 5.74) is 0.149. The highest BCUT2D eigenvalue weighted by Gasteiger charge is 2.11. The number of carbonyl (C=O) groups excluding carboxylic acids is 1. The average Bonchev–Trinajstić information content (AvgIpc) is 2.31. The van der Waals surface area contributed by atoms with Crippen LogP contribution in [-0.4, -0.2) is 37.2 Å². The van der Waals surface area contributed by atoms with Crippen LogP contribution >= 0.6 is 22.6 Å². The van der Waals surface area contributed by atoms with Crippen molar-refractivity contribution in [3.05, 3.63) is 27.3 Å². The van der Waals surface area contributed by atoms with Crippen LogP contribution in [0.25, 0.3) is 0 Å². The van der Waals surface area contributed by atoms with Crippen LogP contribution in [0.1, 0.15) is 10.4 Å². The summed E-state index contributed by atoms with van der Waals surface area (Å²) in [4.78, 5) is 11.6. The minimum absolute atomic E-state index is 0.000762. The maximum absolute atomic E-state index is 11.7. The van der Waals surface area contributed by atoms with E-state index in [2.05, 4.69) is 10.1 Å². The summed E-state index contributed by atoms with van der Waals surface area (Å²) >= 11 is 2.01. The van der Waals surface area contributed by atoms with Crippen molar-refractivity contribution in [2.75, 3.05) is 19.8 Å². The Bertz CT molecular complexity index is 415. The van der Waals surface area contributed by atoms with E-state index in [1.54, 1.807) is 6.07 Å². The smallest absolute Gasteiger partial charge is 0.261 e. The van der Waals surface area contributed by atoms with Gasteiger partial charge in [-0.1, -0.05) is 0 Å². The fourth-order valence-electron chi connectivity index (χ4n) is 1.19. The third-order valence-corrected chi connectivity index (χ3v) is 2.65. The van der Waals surface area contributed by atoms with Gasteiger partial charge in [-0.2, -0.15) is 0 Å². The highest BCUT2D eigenvalue weighted by molar-refractivity contribution is 14.1. The molecule has 0 spiro atoms. The molecule has 0 heterocycles. The third-order valence-electron chi connectivity index (χ3n) is 1.98. The minimum atomic E-state index is -2.51. The molecule has 1 aromatic rings. The van der Waals surface area contributed by atoms with E-state index in [1.165, 1.54) is 12.1 Å². The van der Waals surface area contributed by atoms with Crippen LogP contribution in [0.5, 0.6) is 5.75 Å². The number of hydrogen-bond donors (Lipinski definition) is 2. The first-order chi connectivity index (χ1) is 8.50. The number of hydrogen-bond acceptors (Lipinski definition) is 3. The van der Waals surface area contributed by atoms with E-state index in [1.807, 2.05) is 22.6 Å². The van der Waals surface area contributed by atoms with Gasteiger partial charge in [0.1, 0.15) is 12.4 Å². The molecular formula is C11H12F2INO3. The maximum Gasteiger partial charge on any atom is 0.261 e. The topological polar surface area (TPSA) is 58.6 Å². The van der Waals surface area contributed by atoms with Crippen molar-refractivity contribution in [2.24, 2.45) is 0 Å². The first-order valence-corrected chi connectivity index (χ1v) is 6.21. The van der Waals surface area contributed by atoms with Gasteiger partial charge in [-0.15, -0.1) is 0 Å². The lowest BCUT2D eigenvalue weighted by Gasteiger charge is -2.07. The normalized spacial score (nSPS) is 10.7. The lowest BCUT2D eigenvalue weighted by molar-refractivity contribution is 0.0188. The monoisotopic (exact) mass is 371 g/mol. The number of amides is 1. The second-order valence-electron chi connectivity index (χ2n) is 3.38. The molecule has 4 nitrogen and oxygen atoms in total. The number of phenolic OH excluding ortho intramolecular Hbond substituents is 1. The Morgan fingerprint density at radius 3 is 2.89 bits per heavy atom. The molecule has 0 aliphatic rings. The molecule has 0 radical (unpaired) electrons. The Morgan fingerprint density at radius 2 is 2.22 bits per heavy atom. The van der Waals surface area contributed by atoms with Gasteiger partial charge in [0, 0.05) is 10.1 Å². The molecular weight excluding hydrogens is 359 g/mol. The summed E-state index contributed by atoms with van der Waals surface area (Å²) in [5.74, 6) is -0.590. The molecule has 0 fully saturated rings. The van der Waals surface area contributed by atoms with Gasteiger partial charge in [0.15, 0.2) is 0 Å². The highest BCUT2D eigenvalue weighted by atomic mass is 127. The summed E-state index contributed by atoms with van der Waals surface area (Å²) in [5, 5.41) is 12.0. The van der Waals surface area contributed by atoms with Crippen molar-refractivity contribution in [1.82, 2.24) is 5.32 Å². The zero-order valence-electron chi connectivity index (χ0n) is 9.33. The maximum atomic E-state index is 11.7. The molecule has 1 rings (SSSR count). The Labute approximate surface area is 116 Å². The van der Waals surface area contributed by atoms with Crippen LogP contribution in [-0.2, 0) is 4.74 Å². The minimum Gasteiger partial charge on any atom is -0.507 e. The van der Waals surface area contributed by atoms with E-state index < -0.39 is 18.9 Å². The fourth-order valence-corrected chi connectivity index (χ4v) is 1.69. The van der Waals surface area contributed by atoms with Crippen molar-refractivity contribution < 1.29 is 23.4 Å². The molecule has 1 aromatic carbocycles. The van der Waals surface area contributed by atoms with Crippen LogP contribution in [0.2, 0.25) is 0 Å². The average molecular weight is 371 g/mol. The number of aromatic hydroxyl groups is 1. The van der Waals surface area contributed by atoms with Crippen LogP contribution in [0, 0.1) is 3.57 Å². The van der Waals surface area contributed by atoms with Crippen LogP contribution in [0.15, 0.2) is 18.2 Å². The molecule has 0 aliphatic carbocycles. The second kappa shape index (κ2) is 7.47. The summed E-state index contributed by atoms with van der Waals surface area (Å²) < 4.78 is 28.9. The molecule has 0 bridgehead atoms. The number of nitrogens with one attached hydrogen (secondary N) is 1. The first-order valence-electron chi connectivity index (χ1n) is 5.13. The number of benzene rings is 1. The number of carbonyl (C=O) groups is 1. The molecule has 7 heteroatoms. The first kappa shape index (κ1) is 15.1. The highest BCUT2D eigenvalue weighted by Crippen LogP contribution is 2.19. The SMILES string of the molecule is O=C(NCCOCC(F)F)c1cc(I)ccc1O. The molecule has 0 atom stereocenters.